The maximum absolute atomic E-state index is 13.7. The predicted octanol–water partition coefficient (Wildman–Crippen LogP) is 6.52. The van der Waals surface area contributed by atoms with Crippen LogP contribution in [0.25, 0.3) is 11.1 Å². The van der Waals surface area contributed by atoms with Crippen molar-refractivity contribution in [3.63, 3.8) is 0 Å². The molecular formula is C34H30F3N3O3. The topological polar surface area (TPSA) is 69.7 Å². The summed E-state index contributed by atoms with van der Waals surface area (Å²) in [4.78, 5) is 43.3. The van der Waals surface area contributed by atoms with Gasteiger partial charge in [-0.15, -0.1) is 0 Å². The molecule has 0 saturated carbocycles. The molecule has 1 unspecified atom stereocenters. The van der Waals surface area contributed by atoms with Gasteiger partial charge in [0.1, 0.15) is 6.04 Å². The number of nitrogens with zero attached hydrogens (tertiary/aromatic N) is 2. The van der Waals surface area contributed by atoms with Crippen LogP contribution in [0.15, 0.2) is 97.1 Å². The summed E-state index contributed by atoms with van der Waals surface area (Å²) in [6, 6.07) is 24.8. The number of halogens is 3. The van der Waals surface area contributed by atoms with Crippen LogP contribution in [-0.4, -0.2) is 42.8 Å². The van der Waals surface area contributed by atoms with E-state index in [9.17, 15) is 27.6 Å². The van der Waals surface area contributed by atoms with Crippen molar-refractivity contribution in [3.05, 3.63) is 125 Å². The Bertz CT molecular complexity index is 1650. The highest BCUT2D eigenvalue weighted by atomic mass is 19.4. The highest BCUT2D eigenvalue weighted by Crippen LogP contribution is 2.35. The molecule has 1 N–H and O–H groups in total. The molecule has 0 spiro atoms. The molecule has 1 aliphatic rings. The Labute approximate surface area is 247 Å². The van der Waals surface area contributed by atoms with E-state index in [1.54, 1.807) is 71.4 Å². The standard InChI is InChI=1S/C34H30F3N3O3/c1-3-39(2)33(43)30(23-9-5-4-6-10-23)38-31(41)25-15-18-29-24(21-25)19-20-40(29)32(42)28-12-8-7-11-27(28)22-13-16-26(17-14-22)34(35,36)37/h4-18,21,30H,3,19-20H2,1-2H3,(H,38,41). The fraction of sp³-hybridized carbons (Fsp3) is 0.206. The zero-order valence-corrected chi connectivity index (χ0v) is 23.7. The van der Waals surface area contributed by atoms with Crippen molar-refractivity contribution in [2.24, 2.45) is 0 Å². The van der Waals surface area contributed by atoms with Crippen molar-refractivity contribution in [2.75, 3.05) is 25.0 Å². The second-order valence-corrected chi connectivity index (χ2v) is 10.3. The zero-order valence-electron chi connectivity index (χ0n) is 23.7. The minimum atomic E-state index is -4.45. The molecule has 0 aliphatic carbocycles. The SMILES string of the molecule is CCN(C)C(=O)C(NC(=O)c1ccc2c(c1)CCN2C(=O)c1ccccc1-c1ccc(C(F)(F)F)cc1)c1ccccc1. The Morgan fingerprint density at radius 3 is 2.26 bits per heavy atom. The minimum Gasteiger partial charge on any atom is -0.344 e. The van der Waals surface area contributed by atoms with Crippen LogP contribution >= 0.6 is 0 Å². The van der Waals surface area contributed by atoms with E-state index in [2.05, 4.69) is 5.32 Å². The number of anilines is 1. The summed E-state index contributed by atoms with van der Waals surface area (Å²) in [5.41, 5.74) is 3.13. The number of benzene rings is 4. The Hall–Kier alpha value is -4.92. The summed E-state index contributed by atoms with van der Waals surface area (Å²) in [6.07, 6.45) is -3.93. The van der Waals surface area contributed by atoms with Gasteiger partial charge >= 0.3 is 6.18 Å². The molecule has 0 radical (unpaired) electrons. The number of likely N-dealkylation sites (N-methyl/N-ethyl adjacent to an activating group) is 1. The monoisotopic (exact) mass is 585 g/mol. The van der Waals surface area contributed by atoms with Gasteiger partial charge in [-0.3, -0.25) is 14.4 Å². The van der Waals surface area contributed by atoms with Gasteiger partial charge in [0.2, 0.25) is 5.91 Å². The van der Waals surface area contributed by atoms with Crippen LogP contribution in [0.5, 0.6) is 0 Å². The van der Waals surface area contributed by atoms with Crippen molar-refractivity contribution in [2.45, 2.75) is 25.6 Å². The normalized spacial score (nSPS) is 13.3. The van der Waals surface area contributed by atoms with E-state index in [-0.39, 0.29) is 11.8 Å². The minimum absolute atomic E-state index is 0.230. The van der Waals surface area contributed by atoms with E-state index in [0.717, 1.165) is 17.7 Å². The van der Waals surface area contributed by atoms with Crippen molar-refractivity contribution in [1.29, 1.82) is 0 Å². The first-order chi connectivity index (χ1) is 20.6. The molecule has 4 aromatic carbocycles. The van der Waals surface area contributed by atoms with Crippen molar-refractivity contribution < 1.29 is 27.6 Å². The maximum atomic E-state index is 13.7. The summed E-state index contributed by atoms with van der Waals surface area (Å²) in [5, 5.41) is 2.87. The molecular weight excluding hydrogens is 555 g/mol. The van der Waals surface area contributed by atoms with Gasteiger partial charge in [0.15, 0.2) is 0 Å². The molecule has 5 rings (SSSR count). The molecule has 1 heterocycles. The number of alkyl halides is 3. The quantitative estimate of drug-likeness (QED) is 0.268. The highest BCUT2D eigenvalue weighted by molar-refractivity contribution is 6.11. The molecule has 1 aliphatic heterocycles. The van der Waals surface area contributed by atoms with E-state index in [1.165, 1.54) is 12.1 Å². The average molecular weight is 586 g/mol. The number of hydrogen-bond acceptors (Lipinski definition) is 3. The van der Waals surface area contributed by atoms with Crippen molar-refractivity contribution in [3.8, 4) is 11.1 Å². The summed E-state index contributed by atoms with van der Waals surface area (Å²) in [5.74, 6) is -0.928. The molecule has 0 saturated heterocycles. The lowest BCUT2D eigenvalue weighted by Crippen LogP contribution is -2.41. The number of fused-ring (bicyclic) bond motifs is 1. The van der Waals surface area contributed by atoms with Gasteiger partial charge in [0, 0.05) is 37.0 Å². The van der Waals surface area contributed by atoms with Crippen LogP contribution in [0.3, 0.4) is 0 Å². The third kappa shape index (κ3) is 6.16. The van der Waals surface area contributed by atoms with E-state index >= 15 is 0 Å². The number of nitrogens with one attached hydrogen (secondary N) is 1. The lowest BCUT2D eigenvalue weighted by Gasteiger charge is -2.24. The van der Waals surface area contributed by atoms with Crippen LogP contribution in [-0.2, 0) is 17.4 Å². The van der Waals surface area contributed by atoms with Gasteiger partial charge in [0.05, 0.1) is 5.56 Å². The van der Waals surface area contributed by atoms with Gasteiger partial charge < -0.3 is 15.1 Å². The smallest absolute Gasteiger partial charge is 0.344 e. The summed E-state index contributed by atoms with van der Waals surface area (Å²) >= 11 is 0. The third-order valence-electron chi connectivity index (χ3n) is 7.67. The molecule has 43 heavy (non-hydrogen) atoms. The van der Waals surface area contributed by atoms with Gasteiger partial charge in [-0.2, -0.15) is 13.2 Å². The second kappa shape index (κ2) is 12.1. The molecule has 9 heteroatoms. The van der Waals surface area contributed by atoms with Gasteiger partial charge in [-0.1, -0.05) is 60.7 Å². The predicted molar refractivity (Wildman–Crippen MR) is 159 cm³/mol. The molecule has 220 valence electrons. The molecule has 4 aromatic rings. The largest absolute Gasteiger partial charge is 0.416 e. The van der Waals surface area contributed by atoms with E-state index in [4.69, 9.17) is 0 Å². The first kappa shape index (κ1) is 29.6. The second-order valence-electron chi connectivity index (χ2n) is 10.3. The average Bonchev–Trinajstić information content (AvgIpc) is 3.46. The van der Waals surface area contributed by atoms with Crippen LogP contribution in [0.4, 0.5) is 18.9 Å². The zero-order chi connectivity index (χ0) is 30.7. The maximum Gasteiger partial charge on any atom is 0.416 e. The highest BCUT2D eigenvalue weighted by Gasteiger charge is 2.31. The first-order valence-electron chi connectivity index (χ1n) is 13.9. The van der Waals surface area contributed by atoms with Crippen molar-refractivity contribution in [1.82, 2.24) is 10.2 Å². The lowest BCUT2D eigenvalue weighted by atomic mass is 9.97. The third-order valence-corrected chi connectivity index (χ3v) is 7.67. The fourth-order valence-corrected chi connectivity index (χ4v) is 5.18. The Morgan fingerprint density at radius 2 is 1.58 bits per heavy atom. The molecule has 3 amide bonds. The van der Waals surface area contributed by atoms with Crippen LogP contribution < -0.4 is 10.2 Å². The van der Waals surface area contributed by atoms with E-state index in [1.807, 2.05) is 25.1 Å². The van der Waals surface area contributed by atoms with Gasteiger partial charge in [-0.25, -0.2) is 0 Å². The van der Waals surface area contributed by atoms with Gasteiger partial charge in [-0.05, 0) is 72.0 Å². The molecule has 0 aromatic heterocycles. The number of hydrogen-bond donors (Lipinski definition) is 1. The molecule has 6 nitrogen and oxygen atoms in total. The molecule has 1 atom stereocenters. The van der Waals surface area contributed by atoms with Crippen LogP contribution in [0, 0.1) is 0 Å². The van der Waals surface area contributed by atoms with E-state index in [0.29, 0.717) is 53.0 Å². The first-order valence-corrected chi connectivity index (χ1v) is 13.9. The summed E-state index contributed by atoms with van der Waals surface area (Å²) in [7, 11) is 1.68. The van der Waals surface area contributed by atoms with Crippen LogP contribution in [0.2, 0.25) is 0 Å². The fourth-order valence-electron chi connectivity index (χ4n) is 5.18. The summed E-state index contributed by atoms with van der Waals surface area (Å²) < 4.78 is 39.2. The van der Waals surface area contributed by atoms with Gasteiger partial charge in [0.25, 0.3) is 11.8 Å². The number of carbonyl (C=O) groups is 3. The van der Waals surface area contributed by atoms with Crippen LogP contribution in [0.1, 0.15) is 50.4 Å². The van der Waals surface area contributed by atoms with E-state index < -0.39 is 23.7 Å². The number of carbonyl (C=O) groups excluding carboxylic acids is 3. The number of rotatable bonds is 7. The Kier molecular flexibility index (Phi) is 8.34. The molecule has 0 fully saturated rings. The Morgan fingerprint density at radius 1 is 0.907 bits per heavy atom. The Balaban J connectivity index is 1.38. The molecule has 0 bridgehead atoms. The lowest BCUT2D eigenvalue weighted by molar-refractivity contribution is -0.137. The summed E-state index contributed by atoms with van der Waals surface area (Å²) in [6.45, 7) is 2.73. The van der Waals surface area contributed by atoms with Crippen molar-refractivity contribution >= 4 is 23.4 Å². The number of amides is 3.